The summed E-state index contributed by atoms with van der Waals surface area (Å²) in [4.78, 5) is 13.7. The second-order valence-electron chi connectivity index (χ2n) is 4.47. The number of hydrogen-bond donors (Lipinski definition) is 0. The second kappa shape index (κ2) is 4.70. The largest absolute Gasteiger partial charge is 0.342 e. The van der Waals surface area contributed by atoms with Crippen molar-refractivity contribution in [2.45, 2.75) is 25.3 Å². The first kappa shape index (κ1) is 11.8. The maximum absolute atomic E-state index is 13.2. The van der Waals surface area contributed by atoms with Gasteiger partial charge in [-0.25, -0.2) is 4.39 Å². The minimum atomic E-state index is -0.299. The van der Waals surface area contributed by atoms with Crippen LogP contribution >= 0.6 is 0 Å². The van der Waals surface area contributed by atoms with Crippen molar-refractivity contribution in [2.75, 3.05) is 7.05 Å². The summed E-state index contributed by atoms with van der Waals surface area (Å²) in [5.41, 5.74) is 1.28. The molecule has 17 heavy (non-hydrogen) atoms. The van der Waals surface area contributed by atoms with Gasteiger partial charge in [0, 0.05) is 18.7 Å². The van der Waals surface area contributed by atoms with Crippen LogP contribution in [0.25, 0.3) is 6.08 Å². The Hall–Kier alpha value is -1.64. The van der Waals surface area contributed by atoms with E-state index in [-0.39, 0.29) is 11.7 Å². The molecule has 0 spiro atoms. The van der Waals surface area contributed by atoms with E-state index < -0.39 is 0 Å². The lowest BCUT2D eigenvalue weighted by Gasteiger charge is -2.16. The van der Waals surface area contributed by atoms with Gasteiger partial charge in [0.25, 0.3) is 0 Å². The van der Waals surface area contributed by atoms with Crippen LogP contribution in [0, 0.1) is 5.82 Å². The number of benzene rings is 1. The number of rotatable bonds is 4. The SMILES string of the molecule is C=Cc1cc(CC(=O)N(C)C2CC2)ccc1F. The van der Waals surface area contributed by atoms with Gasteiger partial charge in [0.15, 0.2) is 0 Å². The molecule has 1 saturated carbocycles. The molecular weight excluding hydrogens is 217 g/mol. The average Bonchev–Trinajstić information content (AvgIpc) is 3.14. The molecule has 1 amide bonds. The third-order valence-corrected chi connectivity index (χ3v) is 3.12. The molecule has 3 heteroatoms. The molecule has 0 aliphatic heterocycles. The molecule has 90 valence electrons. The Morgan fingerprint density at radius 3 is 2.88 bits per heavy atom. The van der Waals surface area contributed by atoms with Crippen LogP contribution in [-0.2, 0) is 11.2 Å². The Bertz CT molecular complexity index is 452. The molecule has 0 bridgehead atoms. The number of nitrogens with zero attached hydrogens (tertiary/aromatic N) is 1. The zero-order chi connectivity index (χ0) is 12.4. The highest BCUT2D eigenvalue weighted by Gasteiger charge is 2.29. The molecule has 1 aromatic carbocycles. The van der Waals surface area contributed by atoms with Crippen LogP contribution in [-0.4, -0.2) is 23.9 Å². The molecule has 1 fully saturated rings. The lowest BCUT2D eigenvalue weighted by atomic mass is 10.1. The van der Waals surface area contributed by atoms with Crippen molar-refractivity contribution in [1.82, 2.24) is 4.90 Å². The molecule has 1 aliphatic carbocycles. The van der Waals surface area contributed by atoms with Gasteiger partial charge in [-0.3, -0.25) is 4.79 Å². The summed E-state index contributed by atoms with van der Waals surface area (Å²) < 4.78 is 13.2. The summed E-state index contributed by atoms with van der Waals surface area (Å²) >= 11 is 0. The molecule has 0 aromatic heterocycles. The van der Waals surface area contributed by atoms with Crippen LogP contribution in [0.1, 0.15) is 24.0 Å². The fraction of sp³-hybridized carbons (Fsp3) is 0.357. The number of likely N-dealkylation sites (N-methyl/N-ethyl adjacent to an activating group) is 1. The van der Waals surface area contributed by atoms with Crippen molar-refractivity contribution in [2.24, 2.45) is 0 Å². The van der Waals surface area contributed by atoms with Crippen LogP contribution in [0.4, 0.5) is 4.39 Å². The molecule has 0 heterocycles. The summed E-state index contributed by atoms with van der Waals surface area (Å²) in [6, 6.07) is 5.14. The molecule has 1 aromatic rings. The van der Waals surface area contributed by atoms with Crippen molar-refractivity contribution in [3.8, 4) is 0 Å². The van der Waals surface area contributed by atoms with Crippen molar-refractivity contribution >= 4 is 12.0 Å². The van der Waals surface area contributed by atoms with Crippen molar-refractivity contribution in [3.63, 3.8) is 0 Å². The van der Waals surface area contributed by atoms with Crippen LogP contribution in [0.15, 0.2) is 24.8 Å². The Kier molecular flexibility index (Phi) is 3.27. The minimum Gasteiger partial charge on any atom is -0.342 e. The zero-order valence-corrected chi connectivity index (χ0v) is 9.95. The lowest BCUT2D eigenvalue weighted by molar-refractivity contribution is -0.129. The molecular formula is C14H16FNO. The molecule has 0 N–H and O–H groups in total. The predicted octanol–water partition coefficient (Wildman–Crippen LogP) is 2.63. The van der Waals surface area contributed by atoms with E-state index in [1.807, 2.05) is 7.05 Å². The third kappa shape index (κ3) is 2.73. The first-order valence-electron chi connectivity index (χ1n) is 5.78. The van der Waals surface area contributed by atoms with E-state index in [9.17, 15) is 9.18 Å². The number of carbonyl (C=O) groups is 1. The highest BCUT2D eigenvalue weighted by molar-refractivity contribution is 5.79. The minimum absolute atomic E-state index is 0.0918. The van der Waals surface area contributed by atoms with Crippen LogP contribution in [0.5, 0.6) is 0 Å². The Labute approximate surface area is 101 Å². The van der Waals surface area contributed by atoms with Gasteiger partial charge in [-0.2, -0.15) is 0 Å². The lowest BCUT2D eigenvalue weighted by Crippen LogP contribution is -2.30. The molecule has 2 nitrogen and oxygen atoms in total. The van der Waals surface area contributed by atoms with Gasteiger partial charge in [-0.1, -0.05) is 18.7 Å². The number of halogens is 1. The molecule has 1 aliphatic rings. The van der Waals surface area contributed by atoms with E-state index in [0.717, 1.165) is 18.4 Å². The second-order valence-corrected chi connectivity index (χ2v) is 4.47. The van der Waals surface area contributed by atoms with Crippen LogP contribution in [0.3, 0.4) is 0 Å². The van der Waals surface area contributed by atoms with E-state index in [1.54, 1.807) is 17.0 Å². The first-order chi connectivity index (χ1) is 8.11. The predicted molar refractivity (Wildman–Crippen MR) is 66.0 cm³/mol. The zero-order valence-electron chi connectivity index (χ0n) is 9.95. The highest BCUT2D eigenvalue weighted by atomic mass is 19.1. The number of carbonyl (C=O) groups excluding carboxylic acids is 1. The maximum atomic E-state index is 13.2. The van der Waals surface area contributed by atoms with Gasteiger partial charge in [-0.15, -0.1) is 0 Å². The van der Waals surface area contributed by atoms with E-state index in [1.165, 1.54) is 12.1 Å². The van der Waals surface area contributed by atoms with E-state index in [0.29, 0.717) is 18.0 Å². The molecule has 0 atom stereocenters. The van der Waals surface area contributed by atoms with E-state index in [4.69, 9.17) is 0 Å². The van der Waals surface area contributed by atoms with E-state index in [2.05, 4.69) is 6.58 Å². The Morgan fingerprint density at radius 2 is 2.29 bits per heavy atom. The summed E-state index contributed by atoms with van der Waals surface area (Å²) in [6.45, 7) is 3.55. The fourth-order valence-corrected chi connectivity index (χ4v) is 1.82. The summed E-state index contributed by atoms with van der Waals surface area (Å²) in [5.74, 6) is -0.208. The van der Waals surface area contributed by atoms with Crippen molar-refractivity contribution in [3.05, 3.63) is 41.7 Å². The smallest absolute Gasteiger partial charge is 0.226 e. The Balaban J connectivity index is 2.07. The maximum Gasteiger partial charge on any atom is 0.226 e. The van der Waals surface area contributed by atoms with Crippen LogP contribution in [0.2, 0.25) is 0 Å². The number of hydrogen-bond acceptors (Lipinski definition) is 1. The van der Waals surface area contributed by atoms with Crippen LogP contribution < -0.4 is 0 Å². The molecule has 0 saturated heterocycles. The molecule has 0 unspecified atom stereocenters. The monoisotopic (exact) mass is 233 g/mol. The average molecular weight is 233 g/mol. The highest BCUT2D eigenvalue weighted by Crippen LogP contribution is 2.26. The van der Waals surface area contributed by atoms with Gasteiger partial charge in [0.2, 0.25) is 5.91 Å². The van der Waals surface area contributed by atoms with Crippen molar-refractivity contribution < 1.29 is 9.18 Å². The third-order valence-electron chi connectivity index (χ3n) is 3.12. The molecule has 2 rings (SSSR count). The van der Waals surface area contributed by atoms with Gasteiger partial charge < -0.3 is 4.90 Å². The van der Waals surface area contributed by atoms with Gasteiger partial charge in [-0.05, 0) is 30.5 Å². The van der Waals surface area contributed by atoms with E-state index >= 15 is 0 Å². The van der Waals surface area contributed by atoms with Gasteiger partial charge in [0.05, 0.1) is 6.42 Å². The standard InChI is InChI=1S/C14H16FNO/c1-3-11-8-10(4-7-13(11)15)9-14(17)16(2)12-5-6-12/h3-4,7-8,12H,1,5-6,9H2,2H3. The topological polar surface area (TPSA) is 20.3 Å². The van der Waals surface area contributed by atoms with Gasteiger partial charge >= 0.3 is 0 Å². The normalized spacial score (nSPS) is 14.5. The fourth-order valence-electron chi connectivity index (χ4n) is 1.82. The summed E-state index contributed by atoms with van der Waals surface area (Å²) in [6.07, 6.45) is 4.00. The number of amides is 1. The van der Waals surface area contributed by atoms with Crippen molar-refractivity contribution in [1.29, 1.82) is 0 Å². The first-order valence-corrected chi connectivity index (χ1v) is 5.78. The Morgan fingerprint density at radius 1 is 1.59 bits per heavy atom. The summed E-state index contributed by atoms with van der Waals surface area (Å²) in [5, 5.41) is 0. The quantitative estimate of drug-likeness (QED) is 0.783. The molecule has 0 radical (unpaired) electrons. The summed E-state index contributed by atoms with van der Waals surface area (Å²) in [7, 11) is 1.83. The van der Waals surface area contributed by atoms with Gasteiger partial charge in [0.1, 0.15) is 5.82 Å².